The van der Waals surface area contributed by atoms with Crippen LogP contribution in [0.25, 0.3) is 21.5 Å². The van der Waals surface area contributed by atoms with Crippen molar-refractivity contribution in [3.8, 4) is 0 Å². The summed E-state index contributed by atoms with van der Waals surface area (Å²) in [4.78, 5) is 4.51. The Morgan fingerprint density at radius 2 is 2.24 bits per heavy atom. The van der Waals surface area contributed by atoms with Gasteiger partial charge >= 0.3 is 0 Å². The number of allylic oxidation sites excluding steroid dienone is 3. The summed E-state index contributed by atoms with van der Waals surface area (Å²) in [5.41, 5.74) is 12.7. The molecule has 0 bridgehead atoms. The lowest BCUT2D eigenvalue weighted by Gasteiger charge is -2.08. The van der Waals surface area contributed by atoms with Gasteiger partial charge in [0.2, 0.25) is 0 Å². The number of benzene rings is 1. The van der Waals surface area contributed by atoms with E-state index in [2.05, 4.69) is 58.1 Å². The molecule has 1 aromatic heterocycles. The zero-order valence-electron chi connectivity index (χ0n) is 16.8. The van der Waals surface area contributed by atoms with Crippen molar-refractivity contribution in [2.45, 2.75) is 45.2 Å². The van der Waals surface area contributed by atoms with Crippen molar-refractivity contribution in [1.29, 1.82) is 0 Å². The van der Waals surface area contributed by atoms with Crippen LogP contribution in [-0.4, -0.2) is 34.9 Å². The number of nitrogens with zero attached hydrogens (tertiary/aromatic N) is 3. The van der Waals surface area contributed by atoms with Gasteiger partial charge in [0, 0.05) is 34.8 Å². The van der Waals surface area contributed by atoms with Crippen LogP contribution in [0.3, 0.4) is 0 Å². The minimum absolute atomic E-state index is 0.589. The van der Waals surface area contributed by atoms with Crippen LogP contribution in [0.4, 0.5) is 0 Å². The quantitative estimate of drug-likeness (QED) is 0.481. The monoisotopic (exact) mass is 425 g/mol. The largest absolute Gasteiger partial charge is 0.398 e. The number of hydrogen-bond donors (Lipinski definition) is 3. The zero-order valence-corrected chi connectivity index (χ0v) is 18.5. The first-order valence-electron chi connectivity index (χ1n) is 9.86. The number of fused-ring (bicyclic) bond motifs is 1. The van der Waals surface area contributed by atoms with Crippen LogP contribution in [0.2, 0.25) is 0 Å². The number of thiol groups is 1. The Morgan fingerprint density at radius 1 is 1.41 bits per heavy atom. The molecule has 2 unspecified atom stereocenters. The molecule has 3 heterocycles. The molecule has 1 saturated heterocycles. The second-order valence-corrected chi connectivity index (χ2v) is 8.49. The highest BCUT2D eigenvalue weighted by molar-refractivity contribution is 7.80. The van der Waals surface area contributed by atoms with Gasteiger partial charge in [-0.25, -0.2) is 4.98 Å². The molecule has 3 N–H and O–H groups in total. The minimum atomic E-state index is 0.589. The molecular weight excluding hydrogens is 398 g/mol. The third kappa shape index (κ3) is 5.46. The maximum absolute atomic E-state index is 6.35. The molecule has 0 spiro atoms. The van der Waals surface area contributed by atoms with Crippen molar-refractivity contribution in [1.82, 2.24) is 10.3 Å². The van der Waals surface area contributed by atoms with Gasteiger partial charge in [0.05, 0.1) is 27.5 Å². The summed E-state index contributed by atoms with van der Waals surface area (Å²) in [5, 5.41) is 11.2. The lowest BCUT2D eigenvalue weighted by molar-refractivity contribution is 0.566. The average molecular weight is 426 g/mol. The molecule has 1 fully saturated rings. The Hall–Kier alpha value is -2.18. The van der Waals surface area contributed by atoms with Gasteiger partial charge in [0.25, 0.3) is 0 Å². The predicted molar refractivity (Wildman–Crippen MR) is 130 cm³/mol. The third-order valence-electron chi connectivity index (χ3n) is 4.80. The summed E-state index contributed by atoms with van der Waals surface area (Å²) in [7, 11) is 0. The standard InChI is InChI=1S/C20H21N5S.C2H6S/c1-13-6-7-15(25-13)4-2-3-5-18(21)17-9-8-16(14-10-23-24-11-14)19-20(17)26-12-22-19;1-2-3/h2-3,5,8-10,12-13,15,25H,4,6-7,21H2,1H3;3H,2H2,1H3/b3-2+,18-5-;. The third-order valence-corrected chi connectivity index (χ3v) is 5.66. The Kier molecular flexibility index (Phi) is 7.83. The normalized spacial score (nSPS) is 21.1. The van der Waals surface area contributed by atoms with E-state index in [1.54, 1.807) is 17.6 Å². The van der Waals surface area contributed by atoms with Gasteiger partial charge in [0.1, 0.15) is 0 Å². The van der Waals surface area contributed by atoms with E-state index in [1.807, 2.05) is 30.6 Å². The van der Waals surface area contributed by atoms with E-state index >= 15 is 0 Å². The first-order chi connectivity index (χ1) is 14.1. The molecule has 7 heteroatoms. The topological polar surface area (TPSA) is 75.7 Å². The lowest BCUT2D eigenvalue weighted by atomic mass is 10.0. The van der Waals surface area contributed by atoms with Gasteiger partial charge in [-0.2, -0.15) is 12.6 Å². The molecule has 4 rings (SSSR count). The summed E-state index contributed by atoms with van der Waals surface area (Å²) >= 11 is 5.38. The van der Waals surface area contributed by atoms with Gasteiger partial charge < -0.3 is 11.1 Å². The fourth-order valence-corrected chi connectivity index (χ4v) is 4.28. The van der Waals surface area contributed by atoms with Crippen molar-refractivity contribution < 1.29 is 0 Å². The molecule has 152 valence electrons. The molecule has 2 aliphatic rings. The molecule has 5 nitrogen and oxygen atoms in total. The molecule has 0 amide bonds. The Balaban J connectivity index is 0.000000755. The molecule has 0 saturated carbocycles. The van der Waals surface area contributed by atoms with E-state index < -0.39 is 0 Å². The SMILES string of the molecule is CC1CCC(C/C=C/C=C(\N)c2ccc(C3=C=NN=C3)c3ncsc23)N1.CCS. The minimum Gasteiger partial charge on any atom is -0.398 e. The number of nitrogens with two attached hydrogens (primary N) is 1. The van der Waals surface area contributed by atoms with Gasteiger partial charge in [-0.3, -0.25) is 0 Å². The van der Waals surface area contributed by atoms with Crippen molar-refractivity contribution >= 4 is 57.5 Å². The van der Waals surface area contributed by atoms with Crippen LogP contribution < -0.4 is 11.1 Å². The maximum atomic E-state index is 6.35. The van der Waals surface area contributed by atoms with Crippen molar-refractivity contribution in [2.75, 3.05) is 5.75 Å². The van der Waals surface area contributed by atoms with Gasteiger partial charge in [-0.05, 0) is 38.0 Å². The van der Waals surface area contributed by atoms with Gasteiger partial charge in [0.15, 0.2) is 0 Å². The van der Waals surface area contributed by atoms with Crippen LogP contribution in [0.1, 0.15) is 44.2 Å². The average Bonchev–Trinajstić information content (AvgIpc) is 3.46. The molecule has 0 aliphatic carbocycles. The predicted octanol–water partition coefficient (Wildman–Crippen LogP) is 4.67. The number of rotatable bonds is 5. The molecule has 0 radical (unpaired) electrons. The second-order valence-electron chi connectivity index (χ2n) is 7.00. The smallest absolute Gasteiger partial charge is 0.0904 e. The highest BCUT2D eigenvalue weighted by Gasteiger charge is 2.18. The van der Waals surface area contributed by atoms with Crippen LogP contribution in [0.5, 0.6) is 0 Å². The first kappa shape index (κ1) is 21.5. The summed E-state index contributed by atoms with van der Waals surface area (Å²) in [6.45, 7) is 4.23. The fraction of sp³-hybridized carbons (Fsp3) is 0.364. The molecule has 29 heavy (non-hydrogen) atoms. The van der Waals surface area contributed by atoms with Crippen molar-refractivity contribution in [3.63, 3.8) is 0 Å². The van der Waals surface area contributed by atoms with Gasteiger partial charge in [-0.15, -0.1) is 21.5 Å². The van der Waals surface area contributed by atoms with Crippen molar-refractivity contribution in [3.05, 3.63) is 47.0 Å². The Labute approximate surface area is 181 Å². The fourth-order valence-electron chi connectivity index (χ4n) is 3.43. The summed E-state index contributed by atoms with van der Waals surface area (Å²) in [6.07, 6.45) is 11.5. The van der Waals surface area contributed by atoms with E-state index in [4.69, 9.17) is 5.73 Å². The molecule has 1 aromatic carbocycles. The molecule has 2 aliphatic heterocycles. The summed E-state index contributed by atoms with van der Waals surface area (Å²) in [6, 6.07) is 5.28. The second kappa shape index (κ2) is 10.6. The van der Waals surface area contributed by atoms with E-state index in [0.29, 0.717) is 12.1 Å². The Bertz CT molecular complexity index is 996. The summed E-state index contributed by atoms with van der Waals surface area (Å²) < 4.78 is 1.07. The number of aromatic nitrogens is 1. The van der Waals surface area contributed by atoms with Crippen molar-refractivity contribution in [2.24, 2.45) is 15.9 Å². The maximum Gasteiger partial charge on any atom is 0.0904 e. The van der Waals surface area contributed by atoms with E-state index in [0.717, 1.165) is 44.8 Å². The summed E-state index contributed by atoms with van der Waals surface area (Å²) in [5.74, 6) is 3.84. The Morgan fingerprint density at radius 3 is 2.93 bits per heavy atom. The lowest BCUT2D eigenvalue weighted by Crippen LogP contribution is -2.26. The van der Waals surface area contributed by atoms with Gasteiger partial charge in [-0.1, -0.05) is 31.2 Å². The van der Waals surface area contributed by atoms with Crippen LogP contribution >= 0.6 is 24.0 Å². The number of hydrogen-bond acceptors (Lipinski definition) is 7. The van der Waals surface area contributed by atoms with E-state index in [-0.39, 0.29) is 0 Å². The van der Waals surface area contributed by atoms with E-state index in [9.17, 15) is 0 Å². The van der Waals surface area contributed by atoms with Crippen LogP contribution in [0.15, 0.2) is 46.1 Å². The highest BCUT2D eigenvalue weighted by atomic mass is 32.1. The number of thiazole rings is 1. The van der Waals surface area contributed by atoms with Crippen LogP contribution in [0, 0.1) is 0 Å². The highest BCUT2D eigenvalue weighted by Crippen LogP contribution is 2.31. The van der Waals surface area contributed by atoms with E-state index in [1.165, 1.54) is 12.8 Å². The zero-order chi connectivity index (χ0) is 20.6. The molecule has 2 aromatic rings. The molecular formula is C22H27N5S2. The molecule has 2 atom stereocenters. The van der Waals surface area contributed by atoms with Crippen LogP contribution in [-0.2, 0) is 0 Å². The number of nitrogens with one attached hydrogen (secondary N) is 1. The first-order valence-corrected chi connectivity index (χ1v) is 11.4.